The van der Waals surface area contributed by atoms with Crippen molar-refractivity contribution in [2.24, 2.45) is 0 Å². The van der Waals surface area contributed by atoms with Crippen molar-refractivity contribution in [3.63, 3.8) is 0 Å². The van der Waals surface area contributed by atoms with Gasteiger partial charge in [-0.3, -0.25) is 4.79 Å². The number of carbonyl (C=O) groups excluding carboxylic acids is 2. The molecule has 0 spiro atoms. The average molecular weight is 460 g/mol. The third-order valence-electron chi connectivity index (χ3n) is 6.73. The van der Waals surface area contributed by atoms with E-state index >= 15 is 0 Å². The fraction of sp³-hybridized carbons (Fsp3) is 0.379. The summed E-state index contributed by atoms with van der Waals surface area (Å²) < 4.78 is 11.3. The maximum absolute atomic E-state index is 13.6. The number of ether oxygens (including phenoxy) is 2. The van der Waals surface area contributed by atoms with Crippen LogP contribution >= 0.6 is 0 Å². The molecule has 34 heavy (non-hydrogen) atoms. The first kappa shape index (κ1) is 23.8. The Morgan fingerprint density at radius 2 is 1.74 bits per heavy atom. The van der Waals surface area contributed by atoms with Gasteiger partial charge >= 0.3 is 5.97 Å². The minimum Gasteiger partial charge on any atom is -0.494 e. The SMILES string of the molecule is CCOc1ccc(C2C(C(=O)OC(C)CC)=C(C)NC3=C2C(=O)CC(c2ccccc2)C3)cc1. The number of carbonyl (C=O) groups is 2. The molecule has 5 heteroatoms. The van der Waals surface area contributed by atoms with Crippen LogP contribution in [0.2, 0.25) is 0 Å². The molecule has 1 aliphatic carbocycles. The van der Waals surface area contributed by atoms with Gasteiger partial charge in [0.2, 0.25) is 0 Å². The van der Waals surface area contributed by atoms with E-state index in [0.29, 0.717) is 24.2 Å². The smallest absolute Gasteiger partial charge is 0.337 e. The molecule has 0 radical (unpaired) electrons. The van der Waals surface area contributed by atoms with E-state index in [0.717, 1.165) is 41.1 Å². The van der Waals surface area contributed by atoms with E-state index in [9.17, 15) is 9.59 Å². The van der Waals surface area contributed by atoms with Crippen LogP contribution in [0.4, 0.5) is 0 Å². The van der Waals surface area contributed by atoms with E-state index in [1.807, 2.05) is 70.2 Å². The summed E-state index contributed by atoms with van der Waals surface area (Å²) in [5.41, 5.74) is 4.88. The zero-order valence-electron chi connectivity index (χ0n) is 20.4. The highest BCUT2D eigenvalue weighted by Crippen LogP contribution is 2.46. The van der Waals surface area contributed by atoms with Crippen molar-refractivity contribution < 1.29 is 19.1 Å². The van der Waals surface area contributed by atoms with Gasteiger partial charge in [0, 0.05) is 29.3 Å². The molecule has 0 saturated heterocycles. The Morgan fingerprint density at radius 3 is 2.38 bits per heavy atom. The molecule has 1 N–H and O–H groups in total. The molecule has 4 rings (SSSR count). The zero-order valence-corrected chi connectivity index (χ0v) is 20.4. The first-order valence-electron chi connectivity index (χ1n) is 12.2. The molecule has 5 nitrogen and oxygen atoms in total. The predicted molar refractivity (Wildman–Crippen MR) is 132 cm³/mol. The highest BCUT2D eigenvalue weighted by atomic mass is 16.5. The third-order valence-corrected chi connectivity index (χ3v) is 6.73. The fourth-order valence-corrected chi connectivity index (χ4v) is 4.86. The number of dihydropyridines is 1. The summed E-state index contributed by atoms with van der Waals surface area (Å²) in [7, 11) is 0. The van der Waals surface area contributed by atoms with Crippen LogP contribution in [0.5, 0.6) is 5.75 Å². The number of hydrogen-bond acceptors (Lipinski definition) is 5. The standard InChI is InChI=1S/C29H33NO4/c1-5-18(3)34-29(32)26-19(4)30-24-16-22(20-10-8-7-9-11-20)17-25(31)28(24)27(26)21-12-14-23(15-13-21)33-6-2/h7-15,18,22,27,30H,5-6,16-17H2,1-4H3. The van der Waals surface area contributed by atoms with Crippen LogP contribution < -0.4 is 10.1 Å². The van der Waals surface area contributed by atoms with E-state index in [1.54, 1.807) is 0 Å². The molecule has 0 amide bonds. The van der Waals surface area contributed by atoms with Crippen LogP contribution in [0.1, 0.15) is 69.9 Å². The van der Waals surface area contributed by atoms with Gasteiger partial charge in [-0.15, -0.1) is 0 Å². The second-order valence-electron chi connectivity index (χ2n) is 9.05. The van der Waals surface area contributed by atoms with E-state index in [2.05, 4.69) is 17.4 Å². The Hall–Kier alpha value is -3.34. The summed E-state index contributed by atoms with van der Waals surface area (Å²) in [6.07, 6.45) is 1.67. The molecule has 0 saturated carbocycles. The minimum absolute atomic E-state index is 0.0721. The molecule has 3 atom stereocenters. The van der Waals surface area contributed by atoms with E-state index in [1.165, 1.54) is 0 Å². The van der Waals surface area contributed by atoms with Gasteiger partial charge in [0.25, 0.3) is 0 Å². The Balaban J connectivity index is 1.76. The van der Waals surface area contributed by atoms with Crippen molar-refractivity contribution in [2.45, 2.75) is 64.9 Å². The Labute approximate surface area is 201 Å². The van der Waals surface area contributed by atoms with Crippen molar-refractivity contribution in [3.8, 4) is 5.75 Å². The van der Waals surface area contributed by atoms with Crippen LogP contribution in [0.25, 0.3) is 0 Å². The number of hydrogen-bond donors (Lipinski definition) is 1. The topological polar surface area (TPSA) is 64.6 Å². The highest BCUT2D eigenvalue weighted by molar-refractivity contribution is 6.04. The van der Waals surface area contributed by atoms with Gasteiger partial charge in [0.1, 0.15) is 5.75 Å². The molecular formula is C29H33NO4. The zero-order chi connectivity index (χ0) is 24.2. The molecule has 0 bridgehead atoms. The fourth-order valence-electron chi connectivity index (χ4n) is 4.86. The predicted octanol–water partition coefficient (Wildman–Crippen LogP) is 5.79. The molecule has 2 aliphatic rings. The lowest BCUT2D eigenvalue weighted by molar-refractivity contribution is -0.144. The van der Waals surface area contributed by atoms with Crippen molar-refractivity contribution >= 4 is 11.8 Å². The van der Waals surface area contributed by atoms with Crippen LogP contribution in [-0.2, 0) is 14.3 Å². The Kier molecular flexibility index (Phi) is 7.20. The van der Waals surface area contributed by atoms with Crippen LogP contribution in [0.3, 0.4) is 0 Å². The monoisotopic (exact) mass is 459 g/mol. The average Bonchev–Trinajstić information content (AvgIpc) is 2.84. The number of Topliss-reactive ketones (excluding diaryl/α,β-unsaturated/α-hetero) is 1. The van der Waals surface area contributed by atoms with Gasteiger partial charge in [-0.2, -0.15) is 0 Å². The summed E-state index contributed by atoms with van der Waals surface area (Å²) in [6.45, 7) is 8.28. The lowest BCUT2D eigenvalue weighted by atomic mass is 9.71. The lowest BCUT2D eigenvalue weighted by Gasteiger charge is -2.37. The summed E-state index contributed by atoms with van der Waals surface area (Å²) in [5.74, 6) is 0.110. The molecule has 1 aliphatic heterocycles. The second kappa shape index (κ2) is 10.3. The number of allylic oxidation sites excluding steroid dienone is 3. The van der Waals surface area contributed by atoms with Gasteiger partial charge < -0.3 is 14.8 Å². The summed E-state index contributed by atoms with van der Waals surface area (Å²) in [5, 5.41) is 3.42. The summed E-state index contributed by atoms with van der Waals surface area (Å²) in [4.78, 5) is 26.9. The van der Waals surface area contributed by atoms with Gasteiger partial charge in [-0.05, 0) is 62.8 Å². The van der Waals surface area contributed by atoms with Gasteiger partial charge in [0.15, 0.2) is 5.78 Å². The van der Waals surface area contributed by atoms with E-state index in [4.69, 9.17) is 9.47 Å². The van der Waals surface area contributed by atoms with Crippen molar-refractivity contribution in [3.05, 3.63) is 88.3 Å². The number of benzene rings is 2. The summed E-state index contributed by atoms with van der Waals surface area (Å²) in [6, 6.07) is 17.9. The van der Waals surface area contributed by atoms with Crippen molar-refractivity contribution in [1.29, 1.82) is 0 Å². The number of esters is 1. The number of ketones is 1. The molecule has 178 valence electrons. The Bertz CT molecular complexity index is 1110. The molecule has 2 aromatic rings. The van der Waals surface area contributed by atoms with E-state index in [-0.39, 0.29) is 23.8 Å². The maximum Gasteiger partial charge on any atom is 0.337 e. The highest BCUT2D eigenvalue weighted by Gasteiger charge is 2.41. The third kappa shape index (κ3) is 4.79. The normalized spacial score (nSPS) is 21.0. The van der Waals surface area contributed by atoms with Crippen LogP contribution in [0, 0.1) is 0 Å². The minimum atomic E-state index is -0.465. The van der Waals surface area contributed by atoms with Crippen molar-refractivity contribution in [2.75, 3.05) is 6.61 Å². The molecule has 0 fully saturated rings. The first-order chi connectivity index (χ1) is 16.4. The van der Waals surface area contributed by atoms with Crippen molar-refractivity contribution in [1.82, 2.24) is 5.32 Å². The van der Waals surface area contributed by atoms with Crippen LogP contribution in [-0.4, -0.2) is 24.5 Å². The lowest BCUT2D eigenvalue weighted by Crippen LogP contribution is -2.36. The molecular weight excluding hydrogens is 426 g/mol. The van der Waals surface area contributed by atoms with Gasteiger partial charge in [0.05, 0.1) is 18.3 Å². The molecule has 2 aromatic carbocycles. The number of rotatable bonds is 7. The Morgan fingerprint density at radius 1 is 1.03 bits per heavy atom. The molecule has 3 unspecified atom stereocenters. The van der Waals surface area contributed by atoms with E-state index < -0.39 is 5.92 Å². The maximum atomic E-state index is 13.6. The molecule has 0 aromatic heterocycles. The number of nitrogens with one attached hydrogen (secondary N) is 1. The molecule has 1 heterocycles. The van der Waals surface area contributed by atoms with Gasteiger partial charge in [-0.25, -0.2) is 4.79 Å². The van der Waals surface area contributed by atoms with Gasteiger partial charge in [-0.1, -0.05) is 49.4 Å². The largest absolute Gasteiger partial charge is 0.494 e. The summed E-state index contributed by atoms with van der Waals surface area (Å²) >= 11 is 0. The quantitative estimate of drug-likeness (QED) is 0.531. The second-order valence-corrected chi connectivity index (χ2v) is 9.05. The van der Waals surface area contributed by atoms with Crippen LogP contribution in [0.15, 0.2) is 77.1 Å². The first-order valence-corrected chi connectivity index (χ1v) is 12.2.